The summed E-state index contributed by atoms with van der Waals surface area (Å²) in [6.07, 6.45) is 0. The third kappa shape index (κ3) is 1.98. The van der Waals surface area contributed by atoms with Crippen LogP contribution in [0.5, 0.6) is 5.75 Å². The SMILES string of the molecule is Cc1cc(Br)c(C(N)C2COc3ccccc32)s1. The van der Waals surface area contributed by atoms with Crippen LogP contribution in [0.3, 0.4) is 0 Å². The van der Waals surface area contributed by atoms with Crippen molar-refractivity contribution in [2.24, 2.45) is 5.73 Å². The molecule has 1 aliphatic heterocycles. The van der Waals surface area contributed by atoms with Crippen LogP contribution in [0.4, 0.5) is 0 Å². The molecule has 0 fully saturated rings. The lowest BCUT2D eigenvalue weighted by Crippen LogP contribution is -2.20. The molecule has 1 aromatic heterocycles. The van der Waals surface area contributed by atoms with E-state index < -0.39 is 0 Å². The molecule has 2 unspecified atom stereocenters. The summed E-state index contributed by atoms with van der Waals surface area (Å²) in [5.74, 6) is 1.22. The molecule has 0 aliphatic carbocycles. The maximum absolute atomic E-state index is 6.43. The van der Waals surface area contributed by atoms with E-state index in [0.717, 1.165) is 10.2 Å². The number of hydrogen-bond donors (Lipinski definition) is 1. The minimum atomic E-state index is -0.0123. The number of aryl methyl sites for hydroxylation is 1. The van der Waals surface area contributed by atoms with Crippen LogP contribution in [0, 0.1) is 6.92 Å². The minimum Gasteiger partial charge on any atom is -0.493 e. The summed E-state index contributed by atoms with van der Waals surface area (Å²) in [6, 6.07) is 10.3. The second-order valence-electron chi connectivity index (χ2n) is 4.55. The Labute approximate surface area is 119 Å². The van der Waals surface area contributed by atoms with E-state index in [2.05, 4.69) is 35.0 Å². The van der Waals surface area contributed by atoms with Crippen molar-refractivity contribution in [3.63, 3.8) is 0 Å². The zero-order valence-electron chi connectivity index (χ0n) is 10.0. The molecular formula is C14H14BrNOS. The summed E-state index contributed by atoms with van der Waals surface area (Å²) in [7, 11) is 0. The quantitative estimate of drug-likeness (QED) is 0.906. The van der Waals surface area contributed by atoms with Crippen molar-refractivity contribution in [1.82, 2.24) is 0 Å². The fourth-order valence-corrected chi connectivity index (χ4v) is 4.38. The second-order valence-corrected chi connectivity index (χ2v) is 6.69. The highest BCUT2D eigenvalue weighted by Gasteiger charge is 2.31. The van der Waals surface area contributed by atoms with Gasteiger partial charge in [0.05, 0.1) is 12.6 Å². The Morgan fingerprint density at radius 3 is 2.94 bits per heavy atom. The molecule has 0 bridgehead atoms. The lowest BCUT2D eigenvalue weighted by atomic mass is 9.93. The van der Waals surface area contributed by atoms with Crippen LogP contribution in [0.2, 0.25) is 0 Å². The molecule has 3 rings (SSSR count). The van der Waals surface area contributed by atoms with Crippen molar-refractivity contribution in [3.05, 3.63) is 50.1 Å². The average molecular weight is 324 g/mol. The first kappa shape index (κ1) is 12.2. The number of para-hydroxylation sites is 1. The summed E-state index contributed by atoms with van der Waals surface area (Å²) in [4.78, 5) is 2.48. The summed E-state index contributed by atoms with van der Waals surface area (Å²) >= 11 is 5.35. The average Bonchev–Trinajstić information content (AvgIpc) is 2.92. The van der Waals surface area contributed by atoms with E-state index in [4.69, 9.17) is 10.5 Å². The normalized spacial score (nSPS) is 19.4. The van der Waals surface area contributed by atoms with Gasteiger partial charge in [0.1, 0.15) is 5.75 Å². The Morgan fingerprint density at radius 2 is 2.22 bits per heavy atom. The standard InChI is InChI=1S/C14H14BrNOS/c1-8-6-11(15)14(18-8)13(16)10-7-17-12-5-3-2-4-9(10)12/h2-6,10,13H,7,16H2,1H3. The van der Waals surface area contributed by atoms with Crippen molar-refractivity contribution in [1.29, 1.82) is 0 Å². The van der Waals surface area contributed by atoms with Gasteiger partial charge >= 0.3 is 0 Å². The highest BCUT2D eigenvalue weighted by atomic mass is 79.9. The van der Waals surface area contributed by atoms with E-state index in [9.17, 15) is 0 Å². The van der Waals surface area contributed by atoms with Gasteiger partial charge < -0.3 is 10.5 Å². The molecule has 0 spiro atoms. The molecule has 2 nitrogen and oxygen atoms in total. The number of halogens is 1. The Kier molecular flexibility index (Phi) is 3.18. The predicted molar refractivity (Wildman–Crippen MR) is 78.4 cm³/mol. The molecular weight excluding hydrogens is 310 g/mol. The van der Waals surface area contributed by atoms with Crippen molar-refractivity contribution < 1.29 is 4.74 Å². The largest absolute Gasteiger partial charge is 0.493 e. The molecule has 2 heterocycles. The number of benzene rings is 1. The first-order valence-electron chi connectivity index (χ1n) is 5.90. The molecule has 18 heavy (non-hydrogen) atoms. The summed E-state index contributed by atoms with van der Waals surface area (Å²) in [5, 5.41) is 0. The molecule has 94 valence electrons. The highest BCUT2D eigenvalue weighted by Crippen LogP contribution is 2.43. The maximum Gasteiger partial charge on any atom is 0.122 e. The fraction of sp³-hybridized carbons (Fsp3) is 0.286. The van der Waals surface area contributed by atoms with Crippen molar-refractivity contribution in [2.75, 3.05) is 6.61 Å². The van der Waals surface area contributed by atoms with E-state index >= 15 is 0 Å². The Morgan fingerprint density at radius 1 is 1.44 bits per heavy atom. The third-order valence-corrected chi connectivity index (χ3v) is 5.38. The van der Waals surface area contributed by atoms with Gasteiger partial charge in [0.25, 0.3) is 0 Å². The van der Waals surface area contributed by atoms with Crippen LogP contribution < -0.4 is 10.5 Å². The molecule has 4 heteroatoms. The van der Waals surface area contributed by atoms with Crippen LogP contribution in [-0.4, -0.2) is 6.61 Å². The van der Waals surface area contributed by atoms with E-state index in [-0.39, 0.29) is 12.0 Å². The molecule has 0 saturated heterocycles. The topological polar surface area (TPSA) is 35.2 Å². The molecule has 0 saturated carbocycles. The van der Waals surface area contributed by atoms with Crippen molar-refractivity contribution in [2.45, 2.75) is 18.9 Å². The van der Waals surface area contributed by atoms with E-state index in [1.54, 1.807) is 11.3 Å². The molecule has 2 N–H and O–H groups in total. The molecule has 0 amide bonds. The van der Waals surface area contributed by atoms with Gasteiger partial charge in [0, 0.05) is 25.7 Å². The lowest BCUT2D eigenvalue weighted by Gasteiger charge is -2.17. The molecule has 0 radical (unpaired) electrons. The minimum absolute atomic E-state index is 0.0123. The Hall–Kier alpha value is -0.840. The van der Waals surface area contributed by atoms with Crippen LogP contribution in [0.25, 0.3) is 0 Å². The first-order valence-corrected chi connectivity index (χ1v) is 7.51. The van der Waals surface area contributed by atoms with Gasteiger partial charge in [0.15, 0.2) is 0 Å². The van der Waals surface area contributed by atoms with Gasteiger partial charge in [-0.1, -0.05) is 18.2 Å². The summed E-state index contributed by atoms with van der Waals surface area (Å²) in [6.45, 7) is 2.77. The lowest BCUT2D eigenvalue weighted by molar-refractivity contribution is 0.316. The first-order chi connectivity index (χ1) is 8.66. The number of fused-ring (bicyclic) bond motifs is 1. The molecule has 1 aromatic carbocycles. The summed E-state index contributed by atoms with van der Waals surface area (Å²) in [5.41, 5.74) is 7.65. The van der Waals surface area contributed by atoms with E-state index in [1.165, 1.54) is 15.3 Å². The van der Waals surface area contributed by atoms with Gasteiger partial charge in [-0.25, -0.2) is 0 Å². The smallest absolute Gasteiger partial charge is 0.122 e. The van der Waals surface area contributed by atoms with Gasteiger partial charge in [-0.15, -0.1) is 11.3 Å². The molecule has 1 aliphatic rings. The zero-order chi connectivity index (χ0) is 12.7. The number of hydrogen-bond acceptors (Lipinski definition) is 3. The third-order valence-electron chi connectivity index (χ3n) is 3.31. The van der Waals surface area contributed by atoms with Crippen molar-refractivity contribution in [3.8, 4) is 5.75 Å². The van der Waals surface area contributed by atoms with Crippen LogP contribution in [-0.2, 0) is 0 Å². The Balaban J connectivity index is 1.95. The van der Waals surface area contributed by atoms with Crippen LogP contribution >= 0.6 is 27.3 Å². The van der Waals surface area contributed by atoms with Crippen LogP contribution in [0.15, 0.2) is 34.8 Å². The van der Waals surface area contributed by atoms with Crippen LogP contribution in [0.1, 0.15) is 27.3 Å². The number of nitrogens with two attached hydrogens (primary N) is 1. The predicted octanol–water partition coefficient (Wildman–Crippen LogP) is 4.00. The van der Waals surface area contributed by atoms with Gasteiger partial charge in [-0.3, -0.25) is 0 Å². The number of rotatable bonds is 2. The number of ether oxygens (including phenoxy) is 1. The number of thiophene rings is 1. The van der Waals surface area contributed by atoms with Gasteiger partial charge in [-0.05, 0) is 35.0 Å². The highest BCUT2D eigenvalue weighted by molar-refractivity contribution is 9.10. The van der Waals surface area contributed by atoms with Gasteiger partial charge in [0.2, 0.25) is 0 Å². The van der Waals surface area contributed by atoms with Crippen molar-refractivity contribution >= 4 is 27.3 Å². The van der Waals surface area contributed by atoms with E-state index in [0.29, 0.717) is 6.61 Å². The van der Waals surface area contributed by atoms with E-state index in [1.807, 2.05) is 18.2 Å². The molecule has 2 aromatic rings. The summed E-state index contributed by atoms with van der Waals surface area (Å²) < 4.78 is 6.82. The maximum atomic E-state index is 6.43. The Bertz CT molecular complexity index is 581. The molecule has 2 atom stereocenters. The monoisotopic (exact) mass is 323 g/mol. The zero-order valence-corrected chi connectivity index (χ0v) is 12.4. The fourth-order valence-electron chi connectivity index (χ4n) is 2.40. The second kappa shape index (κ2) is 4.68. The van der Waals surface area contributed by atoms with Gasteiger partial charge in [-0.2, -0.15) is 0 Å².